The summed E-state index contributed by atoms with van der Waals surface area (Å²) in [5.74, 6) is 1.56. The number of amides is 1. The van der Waals surface area contributed by atoms with E-state index in [1.54, 1.807) is 0 Å². The highest BCUT2D eigenvalue weighted by atomic mass is 16.2. The Hall–Kier alpha value is -1.35. The molecular formula is C20H33N2O+. The van der Waals surface area contributed by atoms with E-state index in [4.69, 9.17) is 0 Å². The maximum Gasteiger partial charge on any atom is 0.282 e. The standard InChI is InChI=1S/C20H32N2O/c1-12-10-14(3)19(15(4)11-12)22-20(23)17(6)21-18-9-7-8-13(2)16(18)5/h10-11,13,16-18,21H,7-9H2,1-6H3,(H,22,23)/p+1/t13-,16-,17+,18+/m0/s1. The zero-order valence-corrected chi connectivity index (χ0v) is 15.6. The van der Waals surface area contributed by atoms with Crippen molar-refractivity contribution in [1.82, 2.24) is 0 Å². The average molecular weight is 317 g/mol. The fourth-order valence-corrected chi connectivity index (χ4v) is 3.97. The van der Waals surface area contributed by atoms with Gasteiger partial charge in [0.05, 0.1) is 6.04 Å². The highest BCUT2D eigenvalue weighted by Gasteiger charge is 2.32. The van der Waals surface area contributed by atoms with Crippen LogP contribution < -0.4 is 10.6 Å². The van der Waals surface area contributed by atoms with E-state index >= 15 is 0 Å². The molecule has 2 rings (SSSR count). The summed E-state index contributed by atoms with van der Waals surface area (Å²) in [6, 6.07) is 4.77. The molecule has 4 atom stereocenters. The van der Waals surface area contributed by atoms with Crippen LogP contribution in [0, 0.1) is 32.6 Å². The Morgan fingerprint density at radius 1 is 1.17 bits per heavy atom. The predicted octanol–water partition coefficient (Wildman–Crippen LogP) is 3.33. The number of aryl methyl sites for hydroxylation is 3. The van der Waals surface area contributed by atoms with Gasteiger partial charge >= 0.3 is 0 Å². The van der Waals surface area contributed by atoms with Gasteiger partial charge in [-0.3, -0.25) is 4.79 Å². The van der Waals surface area contributed by atoms with Crippen LogP contribution in [0.5, 0.6) is 0 Å². The molecule has 0 aromatic heterocycles. The molecule has 0 aliphatic heterocycles. The molecule has 0 saturated heterocycles. The number of benzene rings is 1. The van der Waals surface area contributed by atoms with Gasteiger partial charge < -0.3 is 10.6 Å². The molecule has 1 aliphatic rings. The largest absolute Gasteiger partial charge is 0.334 e. The van der Waals surface area contributed by atoms with Gasteiger partial charge in [-0.15, -0.1) is 0 Å². The maximum absolute atomic E-state index is 12.6. The Kier molecular flexibility index (Phi) is 5.85. The molecule has 1 aromatic rings. The normalized spacial score (nSPS) is 25.9. The molecule has 1 saturated carbocycles. The van der Waals surface area contributed by atoms with Crippen LogP contribution in [0.4, 0.5) is 5.69 Å². The lowest BCUT2D eigenvalue weighted by Crippen LogP contribution is -2.97. The van der Waals surface area contributed by atoms with E-state index in [9.17, 15) is 4.79 Å². The fraction of sp³-hybridized carbons (Fsp3) is 0.650. The first-order valence-corrected chi connectivity index (χ1v) is 9.03. The van der Waals surface area contributed by atoms with E-state index in [1.807, 2.05) is 6.92 Å². The van der Waals surface area contributed by atoms with Crippen LogP contribution in [0.25, 0.3) is 0 Å². The molecule has 1 aromatic carbocycles. The van der Waals surface area contributed by atoms with Crippen LogP contribution in [0.2, 0.25) is 0 Å². The number of carbonyl (C=O) groups excluding carboxylic acids is 1. The molecule has 3 heteroatoms. The van der Waals surface area contributed by atoms with Crippen LogP contribution in [0.15, 0.2) is 12.1 Å². The minimum absolute atomic E-state index is 0.0483. The smallest absolute Gasteiger partial charge is 0.282 e. The Labute approximate surface area is 141 Å². The second-order valence-corrected chi connectivity index (χ2v) is 7.68. The highest BCUT2D eigenvalue weighted by Crippen LogP contribution is 2.27. The van der Waals surface area contributed by atoms with Gasteiger partial charge in [0, 0.05) is 11.6 Å². The summed E-state index contributed by atoms with van der Waals surface area (Å²) < 4.78 is 0. The van der Waals surface area contributed by atoms with Crippen LogP contribution >= 0.6 is 0 Å². The van der Waals surface area contributed by atoms with Crippen LogP contribution in [0.3, 0.4) is 0 Å². The summed E-state index contributed by atoms with van der Waals surface area (Å²) in [4.78, 5) is 12.6. The molecule has 128 valence electrons. The first-order valence-electron chi connectivity index (χ1n) is 9.03. The lowest BCUT2D eigenvalue weighted by Gasteiger charge is -2.33. The number of hydrogen-bond acceptors (Lipinski definition) is 1. The van der Waals surface area contributed by atoms with Crippen molar-refractivity contribution in [3.8, 4) is 0 Å². The van der Waals surface area contributed by atoms with Crippen LogP contribution in [0.1, 0.15) is 56.7 Å². The minimum atomic E-state index is -0.0483. The molecule has 3 nitrogen and oxygen atoms in total. The first-order chi connectivity index (χ1) is 10.8. The lowest BCUT2D eigenvalue weighted by atomic mass is 9.78. The monoisotopic (exact) mass is 317 g/mol. The molecule has 0 spiro atoms. The maximum atomic E-state index is 12.6. The SMILES string of the molecule is Cc1cc(C)c(NC(=O)[C@@H](C)[NH2+][C@@H]2CCC[C@H](C)[C@@H]2C)c(C)c1. The van der Waals surface area contributed by atoms with E-state index in [1.165, 1.54) is 24.8 Å². The zero-order chi connectivity index (χ0) is 17.1. The molecule has 0 radical (unpaired) electrons. The summed E-state index contributed by atoms with van der Waals surface area (Å²) in [6.07, 6.45) is 3.84. The second kappa shape index (κ2) is 7.48. The average Bonchev–Trinajstić information content (AvgIpc) is 2.47. The van der Waals surface area contributed by atoms with Gasteiger partial charge in [0.25, 0.3) is 5.91 Å². The Morgan fingerprint density at radius 3 is 2.39 bits per heavy atom. The third kappa shape index (κ3) is 4.35. The van der Waals surface area contributed by atoms with Gasteiger partial charge in [-0.2, -0.15) is 0 Å². The third-order valence-corrected chi connectivity index (χ3v) is 5.64. The number of carbonyl (C=O) groups is 1. The highest BCUT2D eigenvalue weighted by molar-refractivity contribution is 5.95. The van der Waals surface area contributed by atoms with Crippen molar-refractivity contribution in [2.45, 2.75) is 72.9 Å². The van der Waals surface area contributed by atoms with Crippen molar-refractivity contribution < 1.29 is 10.1 Å². The van der Waals surface area contributed by atoms with E-state index in [0.29, 0.717) is 12.0 Å². The van der Waals surface area contributed by atoms with Crippen molar-refractivity contribution in [2.24, 2.45) is 11.8 Å². The summed E-state index contributed by atoms with van der Waals surface area (Å²) >= 11 is 0. The van der Waals surface area contributed by atoms with Crippen molar-refractivity contribution in [1.29, 1.82) is 0 Å². The van der Waals surface area contributed by atoms with Gasteiger partial charge in [0.15, 0.2) is 6.04 Å². The molecule has 0 bridgehead atoms. The number of nitrogens with two attached hydrogens (primary N) is 1. The van der Waals surface area contributed by atoms with Gasteiger partial charge in [0.2, 0.25) is 0 Å². The van der Waals surface area contributed by atoms with Crippen molar-refractivity contribution in [3.63, 3.8) is 0 Å². The van der Waals surface area contributed by atoms with Gasteiger partial charge in [-0.05, 0) is 64.0 Å². The number of quaternary nitrogens is 1. The first kappa shape index (κ1) is 18.0. The summed E-state index contributed by atoms with van der Waals surface area (Å²) in [6.45, 7) is 12.9. The summed E-state index contributed by atoms with van der Waals surface area (Å²) in [5, 5.41) is 5.44. The molecule has 0 heterocycles. The molecule has 3 N–H and O–H groups in total. The minimum Gasteiger partial charge on any atom is -0.334 e. The lowest BCUT2D eigenvalue weighted by molar-refractivity contribution is -0.715. The van der Waals surface area contributed by atoms with E-state index in [0.717, 1.165) is 22.7 Å². The molecule has 1 amide bonds. The van der Waals surface area contributed by atoms with Gasteiger partial charge in [0.1, 0.15) is 0 Å². The summed E-state index contributed by atoms with van der Waals surface area (Å²) in [5.41, 5.74) is 4.50. The fourth-order valence-electron chi connectivity index (χ4n) is 3.97. The van der Waals surface area contributed by atoms with Crippen molar-refractivity contribution in [3.05, 3.63) is 28.8 Å². The molecule has 1 aliphatic carbocycles. The molecule has 1 fully saturated rings. The molecule has 0 unspecified atom stereocenters. The predicted molar refractivity (Wildman–Crippen MR) is 96.6 cm³/mol. The van der Waals surface area contributed by atoms with Gasteiger partial charge in [-0.1, -0.05) is 31.5 Å². The quantitative estimate of drug-likeness (QED) is 0.879. The number of rotatable bonds is 4. The topological polar surface area (TPSA) is 45.7 Å². The zero-order valence-electron chi connectivity index (χ0n) is 15.6. The Morgan fingerprint density at radius 2 is 1.78 bits per heavy atom. The third-order valence-electron chi connectivity index (χ3n) is 5.64. The van der Waals surface area contributed by atoms with Crippen molar-refractivity contribution in [2.75, 3.05) is 5.32 Å². The van der Waals surface area contributed by atoms with E-state index < -0.39 is 0 Å². The number of hydrogen-bond donors (Lipinski definition) is 2. The molecule has 23 heavy (non-hydrogen) atoms. The van der Waals surface area contributed by atoms with Crippen molar-refractivity contribution >= 4 is 11.6 Å². The summed E-state index contributed by atoms with van der Waals surface area (Å²) in [7, 11) is 0. The Balaban J connectivity index is 2.00. The van der Waals surface area contributed by atoms with Crippen LogP contribution in [-0.4, -0.2) is 18.0 Å². The number of nitrogens with one attached hydrogen (secondary N) is 1. The Bertz CT molecular complexity index is 544. The second-order valence-electron chi connectivity index (χ2n) is 7.68. The van der Waals surface area contributed by atoms with E-state index in [-0.39, 0.29) is 11.9 Å². The van der Waals surface area contributed by atoms with E-state index in [2.05, 4.69) is 57.4 Å². The molecular weight excluding hydrogens is 284 g/mol. The van der Waals surface area contributed by atoms with Crippen LogP contribution in [-0.2, 0) is 4.79 Å². The van der Waals surface area contributed by atoms with Gasteiger partial charge in [-0.25, -0.2) is 0 Å². The number of anilines is 1.